The Morgan fingerprint density at radius 3 is 2.29 bits per heavy atom. The van der Waals surface area contributed by atoms with Crippen molar-refractivity contribution < 1.29 is 24.3 Å². The number of nitrogen functional groups attached to an aromatic ring is 1. The Kier molecular flexibility index (Phi) is 19.6. The lowest BCUT2D eigenvalue weighted by Gasteiger charge is -2.42. The SMILES string of the molecule is C=CCNCC(=O)N1CC(=O)N(Cc2cccc(N)c2N(N)CC=O)CC1NCc1ccccc1.CN.Cc1ccc(O)cc1.NC=O. The first-order chi connectivity index (χ1) is 23.1. The summed E-state index contributed by atoms with van der Waals surface area (Å²) in [5.74, 6) is 6.01. The lowest BCUT2D eigenvalue weighted by Crippen LogP contribution is -2.63. The number of aryl methyl sites for hydroxylation is 1. The normalized spacial score (nSPS) is 13.3. The third-order valence-corrected chi connectivity index (χ3v) is 6.80. The van der Waals surface area contributed by atoms with E-state index >= 15 is 0 Å². The second-order valence-corrected chi connectivity index (χ2v) is 10.2. The number of carbonyl (C=O) groups excluding carboxylic acids is 4. The van der Waals surface area contributed by atoms with Gasteiger partial charge in [-0.25, -0.2) is 5.84 Å². The van der Waals surface area contributed by atoms with E-state index in [2.05, 4.69) is 28.7 Å². The van der Waals surface area contributed by atoms with E-state index < -0.39 is 0 Å². The van der Waals surface area contributed by atoms with E-state index in [0.29, 0.717) is 36.5 Å². The number of amides is 3. The van der Waals surface area contributed by atoms with Gasteiger partial charge in [-0.05, 0) is 43.3 Å². The van der Waals surface area contributed by atoms with Crippen LogP contribution in [-0.2, 0) is 32.3 Å². The van der Waals surface area contributed by atoms with Crippen LogP contribution in [0.25, 0.3) is 0 Å². The molecule has 0 bridgehead atoms. The molecule has 11 N–H and O–H groups in total. The molecule has 0 radical (unpaired) electrons. The molecule has 3 aromatic rings. The summed E-state index contributed by atoms with van der Waals surface area (Å²) < 4.78 is 0. The third-order valence-electron chi connectivity index (χ3n) is 6.80. The van der Waals surface area contributed by atoms with E-state index in [9.17, 15) is 14.4 Å². The zero-order valence-electron chi connectivity index (χ0n) is 27.6. The summed E-state index contributed by atoms with van der Waals surface area (Å²) in [5, 5.41) is 16.5. The number of para-hydroxylation sites is 1. The first-order valence-electron chi connectivity index (χ1n) is 15.1. The molecule has 14 nitrogen and oxygen atoms in total. The highest BCUT2D eigenvalue weighted by Crippen LogP contribution is 2.28. The number of aldehydes is 1. The topological polar surface area (TPSA) is 226 Å². The molecular weight excluding hydrogens is 614 g/mol. The van der Waals surface area contributed by atoms with Gasteiger partial charge in [0.15, 0.2) is 0 Å². The molecule has 4 rings (SSSR count). The summed E-state index contributed by atoms with van der Waals surface area (Å²) in [6.07, 6.45) is 2.23. The number of anilines is 2. The molecule has 1 aliphatic heterocycles. The number of hydrogen-bond donors (Lipinski definition) is 7. The number of hydrazine groups is 1. The summed E-state index contributed by atoms with van der Waals surface area (Å²) in [6.45, 7) is 7.21. The van der Waals surface area contributed by atoms with E-state index in [-0.39, 0.29) is 57.1 Å². The number of hydrogen-bond acceptors (Lipinski definition) is 11. The van der Waals surface area contributed by atoms with E-state index in [4.69, 9.17) is 21.5 Å². The van der Waals surface area contributed by atoms with Crippen molar-refractivity contribution in [1.82, 2.24) is 20.4 Å². The van der Waals surface area contributed by atoms with Crippen molar-refractivity contribution in [3.63, 3.8) is 0 Å². The highest BCUT2D eigenvalue weighted by molar-refractivity contribution is 5.87. The number of primary amides is 1. The summed E-state index contributed by atoms with van der Waals surface area (Å²) in [7, 11) is 1.50. The Morgan fingerprint density at radius 1 is 1.06 bits per heavy atom. The quantitative estimate of drug-likeness (QED) is 0.0354. The standard InChI is InChI=1S/C25H33N7O3.C7H8O.CH3NO.CH5N/c1-2-11-28-15-23(34)31-18-24(35)30(17-22(31)29-14-19-7-4-3-5-8-19)16-20-9-6-10-21(26)25(20)32(27)12-13-33;1-6-2-4-7(8)5-3-6;2-1-3;1-2/h2-10,13,22,28-29H,1,11-12,14-18,26-27H2;2-5,8H,1H3;1H,(H2,2,3);2H2,1H3. The van der Waals surface area contributed by atoms with Crippen LogP contribution in [0.1, 0.15) is 16.7 Å². The van der Waals surface area contributed by atoms with Crippen LogP contribution in [0.3, 0.4) is 0 Å². The average Bonchev–Trinajstić information content (AvgIpc) is 3.08. The second-order valence-electron chi connectivity index (χ2n) is 10.2. The number of carbonyl (C=O) groups is 4. The van der Waals surface area contributed by atoms with Crippen LogP contribution < -0.4 is 38.7 Å². The number of nitrogens with one attached hydrogen (secondary N) is 2. The maximum Gasteiger partial charge on any atom is 0.242 e. The van der Waals surface area contributed by atoms with Crippen LogP contribution in [0.2, 0.25) is 0 Å². The van der Waals surface area contributed by atoms with Gasteiger partial charge in [0.25, 0.3) is 0 Å². The maximum absolute atomic E-state index is 13.1. The molecule has 260 valence electrons. The van der Waals surface area contributed by atoms with Crippen LogP contribution in [-0.4, -0.2) is 85.4 Å². The van der Waals surface area contributed by atoms with Crippen molar-refractivity contribution in [2.75, 3.05) is 50.5 Å². The van der Waals surface area contributed by atoms with Crippen LogP contribution in [0, 0.1) is 6.92 Å². The number of phenolic OH excluding ortho intramolecular Hbond substituents is 1. The largest absolute Gasteiger partial charge is 0.508 e. The van der Waals surface area contributed by atoms with Crippen molar-refractivity contribution >= 4 is 35.9 Å². The summed E-state index contributed by atoms with van der Waals surface area (Å²) in [6, 6.07) is 22.2. The van der Waals surface area contributed by atoms with E-state index in [1.807, 2.05) is 55.5 Å². The molecule has 3 amide bonds. The molecule has 0 saturated carbocycles. The van der Waals surface area contributed by atoms with Crippen molar-refractivity contribution in [1.29, 1.82) is 0 Å². The maximum atomic E-state index is 13.1. The summed E-state index contributed by atoms with van der Waals surface area (Å²) in [4.78, 5) is 48.8. The van der Waals surface area contributed by atoms with Crippen molar-refractivity contribution in [2.24, 2.45) is 17.3 Å². The fourth-order valence-electron chi connectivity index (χ4n) is 4.58. The number of nitrogens with zero attached hydrogens (tertiary/aromatic N) is 3. The highest BCUT2D eigenvalue weighted by Gasteiger charge is 2.35. The smallest absolute Gasteiger partial charge is 0.242 e. The highest BCUT2D eigenvalue weighted by atomic mass is 16.3. The number of phenols is 1. The molecule has 3 aromatic carbocycles. The Bertz CT molecular complexity index is 1390. The first-order valence-corrected chi connectivity index (χ1v) is 15.1. The third kappa shape index (κ3) is 14.0. The molecule has 1 unspecified atom stereocenters. The minimum Gasteiger partial charge on any atom is -0.508 e. The predicted molar refractivity (Wildman–Crippen MR) is 189 cm³/mol. The number of benzene rings is 3. The van der Waals surface area contributed by atoms with Crippen molar-refractivity contribution in [3.8, 4) is 5.75 Å². The Morgan fingerprint density at radius 2 is 1.71 bits per heavy atom. The zero-order chi connectivity index (χ0) is 35.9. The van der Waals surface area contributed by atoms with Crippen LogP contribution in [0.5, 0.6) is 5.75 Å². The molecular formula is C34H49N9O5. The van der Waals surface area contributed by atoms with Gasteiger partial charge in [-0.3, -0.25) is 19.7 Å². The fourth-order valence-corrected chi connectivity index (χ4v) is 4.58. The molecule has 14 heteroatoms. The minimum absolute atomic E-state index is 0.0313. The summed E-state index contributed by atoms with van der Waals surface area (Å²) in [5.41, 5.74) is 18.7. The number of rotatable bonds is 12. The molecule has 0 aromatic heterocycles. The van der Waals surface area contributed by atoms with Crippen LogP contribution >= 0.6 is 0 Å². The van der Waals surface area contributed by atoms with Gasteiger partial charge in [-0.1, -0.05) is 66.2 Å². The summed E-state index contributed by atoms with van der Waals surface area (Å²) >= 11 is 0. The average molecular weight is 664 g/mol. The van der Waals surface area contributed by atoms with Gasteiger partial charge in [0.05, 0.1) is 31.0 Å². The van der Waals surface area contributed by atoms with Gasteiger partial charge >= 0.3 is 0 Å². The van der Waals surface area contributed by atoms with Crippen LogP contribution in [0.4, 0.5) is 11.4 Å². The fraction of sp³-hybridized carbons (Fsp3) is 0.294. The number of nitrogens with two attached hydrogens (primary N) is 4. The molecule has 0 aliphatic carbocycles. The Labute approximate surface area is 282 Å². The van der Waals surface area contributed by atoms with Gasteiger partial charge in [-0.2, -0.15) is 0 Å². The molecule has 0 spiro atoms. The van der Waals surface area contributed by atoms with E-state index in [0.717, 1.165) is 11.1 Å². The van der Waals surface area contributed by atoms with Gasteiger partial charge in [-0.15, -0.1) is 6.58 Å². The predicted octanol–water partition coefficient (Wildman–Crippen LogP) is 0.587. The lowest BCUT2D eigenvalue weighted by molar-refractivity contribution is -0.150. The van der Waals surface area contributed by atoms with Crippen LogP contribution in [0.15, 0.2) is 85.5 Å². The molecule has 1 atom stereocenters. The molecule has 1 saturated heterocycles. The monoisotopic (exact) mass is 663 g/mol. The van der Waals surface area contributed by atoms with Gasteiger partial charge in [0.1, 0.15) is 24.7 Å². The van der Waals surface area contributed by atoms with E-state index in [1.54, 1.807) is 40.1 Å². The second kappa shape index (κ2) is 23.1. The first kappa shape index (κ1) is 40.7. The van der Waals surface area contributed by atoms with Crippen molar-refractivity contribution in [2.45, 2.75) is 26.2 Å². The minimum atomic E-state index is -0.389. The number of piperazine rings is 1. The number of aromatic hydroxyl groups is 1. The Balaban J connectivity index is 0.000000747. The molecule has 48 heavy (non-hydrogen) atoms. The molecule has 1 aliphatic rings. The zero-order valence-corrected chi connectivity index (χ0v) is 27.6. The Hall–Kier alpha value is -5.28. The molecule has 1 fully saturated rings. The van der Waals surface area contributed by atoms with Gasteiger partial charge < -0.3 is 47.2 Å². The molecule has 1 heterocycles. The van der Waals surface area contributed by atoms with Gasteiger partial charge in [0.2, 0.25) is 18.2 Å². The van der Waals surface area contributed by atoms with Gasteiger partial charge in [0, 0.05) is 19.6 Å². The lowest BCUT2D eigenvalue weighted by atomic mass is 10.1. The van der Waals surface area contributed by atoms with E-state index in [1.165, 1.54) is 17.6 Å². The van der Waals surface area contributed by atoms with Crippen molar-refractivity contribution in [3.05, 3.63) is 102 Å².